The third kappa shape index (κ3) is 3.81. The van der Waals surface area contributed by atoms with E-state index in [-0.39, 0.29) is 18.4 Å². The molecule has 3 N–H and O–H groups in total. The zero-order valence-corrected chi connectivity index (χ0v) is 10.3. The molecule has 0 saturated carbocycles. The molecular weight excluding hydrogens is 258 g/mol. The Bertz CT molecular complexity index is 313. The van der Waals surface area contributed by atoms with Gasteiger partial charge in [-0.05, 0) is 24.6 Å². The maximum absolute atomic E-state index is 9.57. The quantitative estimate of drug-likeness (QED) is 0.770. The molecule has 0 saturated heterocycles. The summed E-state index contributed by atoms with van der Waals surface area (Å²) in [5.41, 5.74) is 0.830. The highest BCUT2D eigenvalue weighted by atomic mass is 79.9. The number of rotatable bonds is 5. The van der Waals surface area contributed by atoms with E-state index >= 15 is 0 Å². The summed E-state index contributed by atoms with van der Waals surface area (Å²) in [7, 11) is 0. The number of aliphatic hydroxyl groups excluding tert-OH is 1. The lowest BCUT2D eigenvalue weighted by Gasteiger charge is -2.14. The van der Waals surface area contributed by atoms with E-state index < -0.39 is 0 Å². The summed E-state index contributed by atoms with van der Waals surface area (Å²) in [6.45, 7) is 2.68. The molecule has 0 fully saturated rings. The molecule has 1 aromatic carbocycles. The minimum Gasteiger partial charge on any atom is -0.508 e. The number of aliphatic hydroxyl groups is 1. The van der Waals surface area contributed by atoms with Gasteiger partial charge in [-0.15, -0.1) is 0 Å². The number of halogens is 1. The van der Waals surface area contributed by atoms with Gasteiger partial charge in [0.05, 0.1) is 6.61 Å². The van der Waals surface area contributed by atoms with E-state index in [9.17, 15) is 5.11 Å². The molecule has 15 heavy (non-hydrogen) atoms. The Morgan fingerprint density at radius 3 is 2.80 bits per heavy atom. The summed E-state index contributed by atoms with van der Waals surface area (Å²) in [6, 6.07) is 5.40. The highest BCUT2D eigenvalue weighted by molar-refractivity contribution is 9.10. The second kappa shape index (κ2) is 6.10. The van der Waals surface area contributed by atoms with Gasteiger partial charge in [-0.1, -0.05) is 22.9 Å². The molecule has 0 amide bonds. The minimum atomic E-state index is 0.0865. The fourth-order valence-corrected chi connectivity index (χ4v) is 1.70. The fraction of sp³-hybridized carbons (Fsp3) is 0.455. The number of nitrogens with one attached hydrogen (secondary N) is 1. The van der Waals surface area contributed by atoms with E-state index in [1.807, 2.05) is 13.0 Å². The van der Waals surface area contributed by atoms with Crippen molar-refractivity contribution in [3.63, 3.8) is 0 Å². The highest BCUT2D eigenvalue weighted by Crippen LogP contribution is 2.21. The molecule has 1 aromatic rings. The van der Waals surface area contributed by atoms with Gasteiger partial charge in [-0.25, -0.2) is 0 Å². The molecule has 0 aliphatic carbocycles. The van der Waals surface area contributed by atoms with Gasteiger partial charge < -0.3 is 15.5 Å². The van der Waals surface area contributed by atoms with Crippen molar-refractivity contribution in [2.45, 2.75) is 25.9 Å². The van der Waals surface area contributed by atoms with Crippen LogP contribution in [0.2, 0.25) is 0 Å². The van der Waals surface area contributed by atoms with Crippen molar-refractivity contribution >= 4 is 15.9 Å². The van der Waals surface area contributed by atoms with Crippen LogP contribution in [0.15, 0.2) is 22.7 Å². The smallest absolute Gasteiger partial charge is 0.120 e. The van der Waals surface area contributed by atoms with Gasteiger partial charge in [0.25, 0.3) is 0 Å². The average Bonchev–Trinajstić information content (AvgIpc) is 2.24. The highest BCUT2D eigenvalue weighted by Gasteiger charge is 2.06. The predicted octanol–water partition coefficient (Wildman–Crippen LogP) is 2.02. The van der Waals surface area contributed by atoms with Crippen molar-refractivity contribution in [3.05, 3.63) is 28.2 Å². The van der Waals surface area contributed by atoms with Crippen LogP contribution in [-0.4, -0.2) is 22.9 Å². The van der Waals surface area contributed by atoms with Crippen LogP contribution in [0.5, 0.6) is 5.75 Å². The number of phenolic OH excluding ortho intramolecular Hbond substituents is 1. The third-order valence-electron chi connectivity index (χ3n) is 2.34. The van der Waals surface area contributed by atoms with Gasteiger partial charge in [-0.3, -0.25) is 0 Å². The van der Waals surface area contributed by atoms with E-state index in [1.54, 1.807) is 12.1 Å². The first-order valence-electron chi connectivity index (χ1n) is 4.99. The molecule has 3 nitrogen and oxygen atoms in total. The molecule has 0 aliphatic heterocycles. The van der Waals surface area contributed by atoms with Crippen LogP contribution in [0.4, 0.5) is 0 Å². The van der Waals surface area contributed by atoms with Crippen molar-refractivity contribution in [3.8, 4) is 5.75 Å². The molecule has 0 radical (unpaired) electrons. The molecule has 0 spiro atoms. The van der Waals surface area contributed by atoms with E-state index in [0.29, 0.717) is 6.54 Å². The molecule has 84 valence electrons. The van der Waals surface area contributed by atoms with Crippen molar-refractivity contribution in [1.29, 1.82) is 0 Å². The largest absolute Gasteiger partial charge is 0.508 e. The van der Waals surface area contributed by atoms with Gasteiger partial charge in [0.1, 0.15) is 5.75 Å². The molecule has 0 aromatic heterocycles. The van der Waals surface area contributed by atoms with E-state index in [0.717, 1.165) is 16.5 Å². The lowest BCUT2D eigenvalue weighted by Crippen LogP contribution is -2.31. The average molecular weight is 274 g/mol. The SMILES string of the molecule is CCC(CO)NCc1cc(Br)ccc1O. The zero-order chi connectivity index (χ0) is 11.3. The molecule has 0 heterocycles. The zero-order valence-electron chi connectivity index (χ0n) is 8.70. The molecule has 1 rings (SSSR count). The first-order valence-corrected chi connectivity index (χ1v) is 5.78. The van der Waals surface area contributed by atoms with Crippen molar-refractivity contribution in [2.24, 2.45) is 0 Å². The fourth-order valence-electron chi connectivity index (χ4n) is 1.29. The standard InChI is InChI=1S/C11H16BrNO2/c1-2-10(7-14)13-6-8-5-9(12)3-4-11(8)15/h3-5,10,13-15H,2,6-7H2,1H3. The number of hydrogen-bond acceptors (Lipinski definition) is 3. The second-order valence-electron chi connectivity index (χ2n) is 3.44. The topological polar surface area (TPSA) is 52.5 Å². The Hall–Kier alpha value is -0.580. The normalized spacial score (nSPS) is 12.7. The summed E-state index contributed by atoms with van der Waals surface area (Å²) in [6.07, 6.45) is 0.866. The van der Waals surface area contributed by atoms with Gasteiger partial charge in [-0.2, -0.15) is 0 Å². The maximum atomic E-state index is 9.57. The summed E-state index contributed by atoms with van der Waals surface area (Å²) >= 11 is 3.35. The summed E-state index contributed by atoms with van der Waals surface area (Å²) < 4.78 is 0.939. The van der Waals surface area contributed by atoms with Crippen LogP contribution in [0.3, 0.4) is 0 Å². The lowest BCUT2D eigenvalue weighted by atomic mass is 10.1. The molecule has 0 aliphatic rings. The van der Waals surface area contributed by atoms with Gasteiger partial charge in [0.15, 0.2) is 0 Å². The van der Waals surface area contributed by atoms with Crippen LogP contribution in [0, 0.1) is 0 Å². The number of aromatic hydroxyl groups is 1. The number of benzene rings is 1. The Balaban J connectivity index is 2.60. The number of hydrogen-bond donors (Lipinski definition) is 3. The Kier molecular flexibility index (Phi) is 5.08. The Labute approximate surface area is 98.3 Å². The summed E-state index contributed by atoms with van der Waals surface area (Å²) in [5, 5.41) is 21.7. The van der Waals surface area contributed by atoms with Crippen LogP contribution < -0.4 is 5.32 Å². The molecular formula is C11H16BrNO2. The second-order valence-corrected chi connectivity index (χ2v) is 4.36. The van der Waals surface area contributed by atoms with Crippen LogP contribution in [0.1, 0.15) is 18.9 Å². The van der Waals surface area contributed by atoms with E-state index in [1.165, 1.54) is 0 Å². The van der Waals surface area contributed by atoms with Crippen molar-refractivity contribution in [2.75, 3.05) is 6.61 Å². The first kappa shape index (κ1) is 12.5. The molecule has 1 atom stereocenters. The first-order chi connectivity index (χ1) is 7.17. The minimum absolute atomic E-state index is 0.0865. The summed E-state index contributed by atoms with van der Waals surface area (Å²) in [4.78, 5) is 0. The van der Waals surface area contributed by atoms with E-state index in [4.69, 9.17) is 5.11 Å². The maximum Gasteiger partial charge on any atom is 0.120 e. The predicted molar refractivity (Wildman–Crippen MR) is 63.8 cm³/mol. The van der Waals surface area contributed by atoms with Gasteiger partial charge >= 0.3 is 0 Å². The van der Waals surface area contributed by atoms with Crippen LogP contribution in [0.25, 0.3) is 0 Å². The molecule has 1 unspecified atom stereocenters. The van der Waals surface area contributed by atoms with Crippen LogP contribution in [-0.2, 0) is 6.54 Å². The number of phenols is 1. The Morgan fingerprint density at radius 2 is 2.20 bits per heavy atom. The molecule has 0 bridgehead atoms. The van der Waals surface area contributed by atoms with E-state index in [2.05, 4.69) is 21.2 Å². The monoisotopic (exact) mass is 273 g/mol. The van der Waals surface area contributed by atoms with Gasteiger partial charge in [0.2, 0.25) is 0 Å². The van der Waals surface area contributed by atoms with Crippen molar-refractivity contribution in [1.82, 2.24) is 5.32 Å². The Morgan fingerprint density at radius 1 is 1.47 bits per heavy atom. The lowest BCUT2D eigenvalue weighted by molar-refractivity contribution is 0.238. The summed E-state index contributed by atoms with van der Waals surface area (Å²) in [5.74, 6) is 0.276. The third-order valence-corrected chi connectivity index (χ3v) is 2.83. The molecule has 4 heteroatoms. The van der Waals surface area contributed by atoms with Crippen molar-refractivity contribution < 1.29 is 10.2 Å². The van der Waals surface area contributed by atoms with Crippen LogP contribution >= 0.6 is 15.9 Å². The van der Waals surface area contributed by atoms with Gasteiger partial charge in [0, 0.05) is 22.6 Å².